The largest absolute Gasteiger partial charge is 0.318 e. The molecule has 4 heteroatoms. The normalized spacial score (nSPS) is 23.4. The monoisotopic (exact) mass is 224 g/mol. The first-order valence-electron chi connectivity index (χ1n) is 5.41. The first kappa shape index (κ1) is 10.8. The zero-order valence-corrected chi connectivity index (χ0v) is 9.99. The number of hydrogen-bond acceptors (Lipinski definition) is 3. The standard InChI is InChI=1S/C11H17N2OP/c1-12-7-11(8-13-2)15(14,9-3-4-9)10-5-6-10/h7-10H,1,3-6H2,2H3/b11-7+,13-8-. The molecule has 0 aromatic rings. The third-order valence-corrected chi connectivity index (χ3v) is 7.31. The molecule has 2 saturated carbocycles. The van der Waals surface area contributed by atoms with E-state index in [1.165, 1.54) is 0 Å². The van der Waals surface area contributed by atoms with Gasteiger partial charge in [-0.15, -0.1) is 0 Å². The second-order valence-electron chi connectivity index (χ2n) is 4.30. The maximum Gasteiger partial charge on any atom is 0.124 e. The Bertz CT molecular complexity index is 349. The highest BCUT2D eigenvalue weighted by Crippen LogP contribution is 2.74. The maximum atomic E-state index is 13.0. The fourth-order valence-corrected chi connectivity index (χ4v) is 5.91. The van der Waals surface area contributed by atoms with Gasteiger partial charge in [-0.25, -0.2) is 0 Å². The number of nitrogens with zero attached hydrogens (tertiary/aromatic N) is 2. The molecule has 3 nitrogen and oxygen atoms in total. The average molecular weight is 224 g/mol. The molecule has 0 radical (unpaired) electrons. The molecule has 0 saturated heterocycles. The van der Waals surface area contributed by atoms with Gasteiger partial charge < -0.3 is 4.57 Å². The Morgan fingerprint density at radius 1 is 1.33 bits per heavy atom. The van der Waals surface area contributed by atoms with Crippen LogP contribution in [0.3, 0.4) is 0 Å². The Hall–Kier alpha value is -0.690. The molecule has 0 aromatic carbocycles. The highest BCUT2D eigenvalue weighted by Gasteiger charge is 2.52. The van der Waals surface area contributed by atoms with Crippen LogP contribution in [0.15, 0.2) is 21.5 Å². The van der Waals surface area contributed by atoms with Crippen molar-refractivity contribution in [3.63, 3.8) is 0 Å². The van der Waals surface area contributed by atoms with Crippen molar-refractivity contribution in [2.24, 2.45) is 9.98 Å². The molecule has 0 bridgehead atoms. The van der Waals surface area contributed by atoms with Crippen molar-refractivity contribution < 1.29 is 4.57 Å². The zero-order chi connectivity index (χ0) is 10.9. The summed E-state index contributed by atoms with van der Waals surface area (Å²) in [5.74, 6) is 0. The summed E-state index contributed by atoms with van der Waals surface area (Å²) in [5.41, 5.74) is 0.826. The van der Waals surface area contributed by atoms with Crippen molar-refractivity contribution in [1.29, 1.82) is 0 Å². The van der Waals surface area contributed by atoms with Gasteiger partial charge in [0.25, 0.3) is 0 Å². The molecule has 2 rings (SSSR count). The lowest BCUT2D eigenvalue weighted by atomic mass is 10.6. The summed E-state index contributed by atoms with van der Waals surface area (Å²) in [6, 6.07) is 0. The summed E-state index contributed by atoms with van der Waals surface area (Å²) in [4.78, 5) is 7.75. The zero-order valence-electron chi connectivity index (χ0n) is 9.09. The molecular formula is C11H17N2OP. The third-order valence-electron chi connectivity index (χ3n) is 3.07. The fraction of sp³-hybridized carbons (Fsp3) is 0.636. The van der Waals surface area contributed by atoms with Gasteiger partial charge in [-0.05, 0) is 32.4 Å². The van der Waals surface area contributed by atoms with Gasteiger partial charge in [-0.1, -0.05) is 0 Å². The summed E-state index contributed by atoms with van der Waals surface area (Å²) in [5, 5.41) is 0.838. The summed E-state index contributed by atoms with van der Waals surface area (Å²) in [6.45, 7) is 3.45. The van der Waals surface area contributed by atoms with Crippen molar-refractivity contribution in [2.45, 2.75) is 37.0 Å². The van der Waals surface area contributed by atoms with Crippen LogP contribution in [-0.4, -0.2) is 31.3 Å². The fourth-order valence-electron chi connectivity index (χ4n) is 2.08. The first-order valence-corrected chi connectivity index (χ1v) is 7.26. The number of allylic oxidation sites excluding steroid dienone is 1. The maximum absolute atomic E-state index is 13.0. The predicted octanol–water partition coefficient (Wildman–Crippen LogP) is 2.92. The summed E-state index contributed by atoms with van der Waals surface area (Å²) >= 11 is 0. The van der Waals surface area contributed by atoms with Crippen molar-refractivity contribution in [1.82, 2.24) is 0 Å². The van der Waals surface area contributed by atoms with Gasteiger partial charge in [0.1, 0.15) is 7.14 Å². The van der Waals surface area contributed by atoms with Gasteiger partial charge in [-0.3, -0.25) is 9.98 Å². The molecule has 15 heavy (non-hydrogen) atoms. The van der Waals surface area contributed by atoms with E-state index >= 15 is 0 Å². The highest BCUT2D eigenvalue weighted by atomic mass is 31.2. The molecule has 0 aromatic heterocycles. The minimum Gasteiger partial charge on any atom is -0.318 e. The molecule has 0 aliphatic heterocycles. The van der Waals surface area contributed by atoms with Crippen LogP contribution in [-0.2, 0) is 4.57 Å². The predicted molar refractivity (Wildman–Crippen MR) is 65.7 cm³/mol. The van der Waals surface area contributed by atoms with Crippen LogP contribution in [0, 0.1) is 0 Å². The van der Waals surface area contributed by atoms with Crippen molar-refractivity contribution in [2.75, 3.05) is 7.05 Å². The van der Waals surface area contributed by atoms with Gasteiger partial charge in [0.2, 0.25) is 0 Å². The Kier molecular flexibility index (Phi) is 2.92. The van der Waals surface area contributed by atoms with E-state index in [4.69, 9.17) is 0 Å². The summed E-state index contributed by atoms with van der Waals surface area (Å²) < 4.78 is 13.0. The minimum absolute atomic E-state index is 0.413. The van der Waals surface area contributed by atoms with Crippen LogP contribution in [0.5, 0.6) is 0 Å². The van der Waals surface area contributed by atoms with E-state index in [0.29, 0.717) is 11.3 Å². The van der Waals surface area contributed by atoms with Gasteiger partial charge in [0.15, 0.2) is 0 Å². The number of rotatable bonds is 5. The number of aliphatic imine (C=N–C) groups is 2. The Morgan fingerprint density at radius 3 is 2.20 bits per heavy atom. The van der Waals surface area contributed by atoms with Gasteiger partial charge in [0, 0.05) is 36.1 Å². The number of hydrogen-bond donors (Lipinski definition) is 0. The van der Waals surface area contributed by atoms with Crippen LogP contribution in [0.2, 0.25) is 0 Å². The quantitative estimate of drug-likeness (QED) is 0.523. The lowest BCUT2D eigenvalue weighted by Gasteiger charge is -2.17. The molecular weight excluding hydrogens is 207 g/mol. The SMILES string of the molecule is C=N/C=C(\C=N/C)P(=O)(C1CC1)C1CC1. The molecule has 0 atom stereocenters. The van der Waals surface area contributed by atoms with Gasteiger partial charge in [0.05, 0.1) is 0 Å². The molecule has 0 heterocycles. The molecule has 2 aliphatic rings. The van der Waals surface area contributed by atoms with Crippen molar-refractivity contribution in [3.05, 3.63) is 11.5 Å². The summed E-state index contributed by atoms with van der Waals surface area (Å²) in [6.07, 6.45) is 7.80. The molecule has 2 fully saturated rings. The molecule has 0 amide bonds. The van der Waals surface area contributed by atoms with Crippen molar-refractivity contribution >= 4 is 20.1 Å². The third kappa shape index (κ3) is 1.98. The van der Waals surface area contributed by atoms with Crippen molar-refractivity contribution in [3.8, 4) is 0 Å². The van der Waals surface area contributed by atoms with Crippen LogP contribution in [0.1, 0.15) is 25.7 Å². The van der Waals surface area contributed by atoms with E-state index in [1.807, 2.05) is 0 Å². The minimum atomic E-state index is -2.21. The lowest BCUT2D eigenvalue weighted by Crippen LogP contribution is -2.00. The Balaban J connectivity index is 2.32. The van der Waals surface area contributed by atoms with Crippen LogP contribution in [0.4, 0.5) is 0 Å². The van der Waals surface area contributed by atoms with Crippen LogP contribution >= 0.6 is 7.14 Å². The van der Waals surface area contributed by atoms with Gasteiger partial charge in [-0.2, -0.15) is 0 Å². The van der Waals surface area contributed by atoms with E-state index in [9.17, 15) is 4.57 Å². The van der Waals surface area contributed by atoms with E-state index in [2.05, 4.69) is 16.7 Å². The average Bonchev–Trinajstić information content (AvgIpc) is 3.07. The molecule has 2 aliphatic carbocycles. The van der Waals surface area contributed by atoms with E-state index in [0.717, 1.165) is 31.0 Å². The smallest absolute Gasteiger partial charge is 0.124 e. The molecule has 0 spiro atoms. The topological polar surface area (TPSA) is 41.8 Å². The van der Waals surface area contributed by atoms with Crippen LogP contribution < -0.4 is 0 Å². The lowest BCUT2D eigenvalue weighted by molar-refractivity contribution is 0.578. The summed E-state index contributed by atoms with van der Waals surface area (Å²) in [7, 11) is -0.497. The van der Waals surface area contributed by atoms with E-state index in [-0.39, 0.29) is 0 Å². The Morgan fingerprint density at radius 2 is 1.87 bits per heavy atom. The van der Waals surface area contributed by atoms with E-state index < -0.39 is 7.14 Å². The highest BCUT2D eigenvalue weighted by molar-refractivity contribution is 7.71. The first-order chi connectivity index (χ1) is 7.23. The second kappa shape index (κ2) is 4.05. The second-order valence-corrected chi connectivity index (χ2v) is 7.69. The molecule has 0 unspecified atom stereocenters. The molecule has 0 N–H and O–H groups in total. The molecule has 82 valence electrons. The van der Waals surface area contributed by atoms with Gasteiger partial charge >= 0.3 is 0 Å². The van der Waals surface area contributed by atoms with E-state index in [1.54, 1.807) is 19.5 Å². The Labute approximate surface area is 90.8 Å². The van der Waals surface area contributed by atoms with Crippen LogP contribution in [0.25, 0.3) is 0 Å².